The number of hydrogen-bond acceptors (Lipinski definition) is 4. The highest BCUT2D eigenvalue weighted by Gasteiger charge is 2.13. The average Bonchev–Trinajstić information content (AvgIpc) is 2.92. The standard InChI is InChI=1S/C15H13Br2NO3/c16-11-3-10(4-12(17)15(11)19)7-18-6-9-1-2-13-14(5-9)21-8-20-13/h1-5,18-19H,6-8H2. The molecule has 0 radical (unpaired) electrons. The van der Waals surface area contributed by atoms with Gasteiger partial charge in [0.1, 0.15) is 5.75 Å². The lowest BCUT2D eigenvalue weighted by Gasteiger charge is -2.08. The minimum absolute atomic E-state index is 0.217. The highest BCUT2D eigenvalue weighted by molar-refractivity contribution is 9.11. The monoisotopic (exact) mass is 413 g/mol. The lowest BCUT2D eigenvalue weighted by atomic mass is 10.2. The van der Waals surface area contributed by atoms with E-state index < -0.39 is 0 Å². The molecule has 1 aliphatic rings. The maximum absolute atomic E-state index is 9.68. The number of halogens is 2. The normalized spacial score (nSPS) is 12.7. The van der Waals surface area contributed by atoms with Crippen LogP contribution >= 0.6 is 31.9 Å². The summed E-state index contributed by atoms with van der Waals surface area (Å²) in [4.78, 5) is 0. The maximum atomic E-state index is 9.68. The number of ether oxygens (including phenoxy) is 2. The molecular weight excluding hydrogens is 402 g/mol. The summed E-state index contributed by atoms with van der Waals surface area (Å²) >= 11 is 6.66. The first-order valence-corrected chi connectivity index (χ1v) is 7.98. The van der Waals surface area contributed by atoms with Crippen LogP contribution in [0.1, 0.15) is 11.1 Å². The second-order valence-electron chi connectivity index (χ2n) is 4.70. The molecule has 0 atom stereocenters. The molecule has 0 saturated heterocycles. The fourth-order valence-corrected chi connectivity index (χ4v) is 3.40. The third-order valence-electron chi connectivity index (χ3n) is 3.17. The number of fused-ring (bicyclic) bond motifs is 1. The summed E-state index contributed by atoms with van der Waals surface area (Å²) in [7, 11) is 0. The van der Waals surface area contributed by atoms with E-state index in [9.17, 15) is 5.11 Å². The van der Waals surface area contributed by atoms with Crippen molar-refractivity contribution in [3.8, 4) is 17.2 Å². The van der Waals surface area contributed by atoms with Crippen molar-refractivity contribution in [1.82, 2.24) is 5.32 Å². The van der Waals surface area contributed by atoms with Crippen molar-refractivity contribution >= 4 is 31.9 Å². The molecule has 110 valence electrons. The van der Waals surface area contributed by atoms with Gasteiger partial charge in [-0.15, -0.1) is 0 Å². The molecule has 1 heterocycles. The van der Waals surface area contributed by atoms with Crippen LogP contribution in [0.15, 0.2) is 39.3 Å². The molecule has 0 spiro atoms. The second-order valence-corrected chi connectivity index (χ2v) is 6.41. The van der Waals surface area contributed by atoms with Gasteiger partial charge in [-0.25, -0.2) is 0 Å². The van der Waals surface area contributed by atoms with Crippen molar-refractivity contribution in [3.63, 3.8) is 0 Å². The number of hydrogen-bond donors (Lipinski definition) is 2. The smallest absolute Gasteiger partial charge is 0.231 e. The van der Waals surface area contributed by atoms with Crippen LogP contribution in [0.4, 0.5) is 0 Å². The van der Waals surface area contributed by atoms with Crippen LogP contribution in [0.5, 0.6) is 17.2 Å². The van der Waals surface area contributed by atoms with Crippen molar-refractivity contribution in [1.29, 1.82) is 0 Å². The van der Waals surface area contributed by atoms with Gasteiger partial charge in [-0.2, -0.15) is 0 Å². The van der Waals surface area contributed by atoms with Gasteiger partial charge >= 0.3 is 0 Å². The minimum Gasteiger partial charge on any atom is -0.506 e. The molecule has 4 nitrogen and oxygen atoms in total. The van der Waals surface area contributed by atoms with E-state index in [4.69, 9.17) is 9.47 Å². The first-order valence-electron chi connectivity index (χ1n) is 6.39. The van der Waals surface area contributed by atoms with E-state index in [1.165, 1.54) is 0 Å². The predicted molar refractivity (Wildman–Crippen MR) is 86.6 cm³/mol. The predicted octanol–water partition coefficient (Wildman–Crippen LogP) is 3.94. The van der Waals surface area contributed by atoms with Gasteiger partial charge in [0, 0.05) is 13.1 Å². The summed E-state index contributed by atoms with van der Waals surface area (Å²) in [6, 6.07) is 9.72. The quantitative estimate of drug-likeness (QED) is 0.795. The van der Waals surface area contributed by atoms with Gasteiger partial charge in [0.15, 0.2) is 11.5 Å². The Morgan fingerprint density at radius 3 is 2.38 bits per heavy atom. The summed E-state index contributed by atoms with van der Waals surface area (Å²) in [6.07, 6.45) is 0. The zero-order chi connectivity index (χ0) is 14.8. The van der Waals surface area contributed by atoms with E-state index in [1.807, 2.05) is 30.3 Å². The van der Waals surface area contributed by atoms with Crippen LogP contribution in [0.3, 0.4) is 0 Å². The number of aromatic hydroxyl groups is 1. The summed E-state index contributed by atoms with van der Waals surface area (Å²) in [5, 5.41) is 13.0. The van der Waals surface area contributed by atoms with Gasteiger partial charge in [0.2, 0.25) is 6.79 Å². The second kappa shape index (κ2) is 6.25. The molecule has 2 N–H and O–H groups in total. The van der Waals surface area contributed by atoms with E-state index in [-0.39, 0.29) is 5.75 Å². The molecule has 3 rings (SSSR count). The van der Waals surface area contributed by atoms with E-state index >= 15 is 0 Å². The van der Waals surface area contributed by atoms with Crippen molar-refractivity contribution in [3.05, 3.63) is 50.4 Å². The number of rotatable bonds is 4. The average molecular weight is 415 g/mol. The Bertz CT molecular complexity index is 653. The van der Waals surface area contributed by atoms with Crippen LogP contribution in [0.25, 0.3) is 0 Å². The van der Waals surface area contributed by atoms with Crippen LogP contribution in [0, 0.1) is 0 Å². The molecule has 0 saturated carbocycles. The molecule has 0 aromatic heterocycles. The Morgan fingerprint density at radius 1 is 0.952 bits per heavy atom. The van der Waals surface area contributed by atoms with E-state index in [0.29, 0.717) is 22.3 Å². The van der Waals surface area contributed by atoms with Crippen LogP contribution in [-0.2, 0) is 13.1 Å². The summed E-state index contributed by atoms with van der Waals surface area (Å²) in [5.74, 6) is 1.81. The van der Waals surface area contributed by atoms with Crippen molar-refractivity contribution in [2.45, 2.75) is 13.1 Å². The summed E-state index contributed by atoms with van der Waals surface area (Å²) in [6.45, 7) is 1.72. The molecule has 0 bridgehead atoms. The largest absolute Gasteiger partial charge is 0.506 e. The fraction of sp³-hybridized carbons (Fsp3) is 0.200. The Hall–Kier alpha value is -1.24. The lowest BCUT2D eigenvalue weighted by Crippen LogP contribution is -2.12. The zero-order valence-electron chi connectivity index (χ0n) is 11.0. The lowest BCUT2D eigenvalue weighted by molar-refractivity contribution is 0.174. The van der Waals surface area contributed by atoms with Crippen molar-refractivity contribution in [2.75, 3.05) is 6.79 Å². The molecule has 1 aliphatic heterocycles. The fourth-order valence-electron chi connectivity index (χ4n) is 2.12. The third kappa shape index (κ3) is 3.33. The van der Waals surface area contributed by atoms with Gasteiger partial charge in [0.25, 0.3) is 0 Å². The third-order valence-corrected chi connectivity index (χ3v) is 4.38. The summed E-state index contributed by atoms with van der Waals surface area (Å²) < 4.78 is 12.0. The first-order chi connectivity index (χ1) is 10.1. The molecule has 0 aliphatic carbocycles. The van der Waals surface area contributed by atoms with E-state index in [0.717, 1.165) is 29.2 Å². The highest BCUT2D eigenvalue weighted by Crippen LogP contribution is 2.34. The highest BCUT2D eigenvalue weighted by atomic mass is 79.9. The molecule has 0 unspecified atom stereocenters. The van der Waals surface area contributed by atoms with Gasteiger partial charge < -0.3 is 19.9 Å². The van der Waals surface area contributed by atoms with Crippen molar-refractivity contribution < 1.29 is 14.6 Å². The van der Waals surface area contributed by atoms with Crippen LogP contribution in [0.2, 0.25) is 0 Å². The maximum Gasteiger partial charge on any atom is 0.231 e. The molecule has 21 heavy (non-hydrogen) atoms. The van der Waals surface area contributed by atoms with Gasteiger partial charge in [-0.05, 0) is 67.3 Å². The molecule has 0 amide bonds. The van der Waals surface area contributed by atoms with Crippen LogP contribution < -0.4 is 14.8 Å². The van der Waals surface area contributed by atoms with Gasteiger partial charge in [-0.1, -0.05) is 6.07 Å². The minimum atomic E-state index is 0.217. The Kier molecular flexibility index (Phi) is 4.37. The molecule has 2 aromatic carbocycles. The number of nitrogens with one attached hydrogen (secondary N) is 1. The van der Waals surface area contributed by atoms with E-state index in [1.54, 1.807) is 0 Å². The number of phenolic OH excluding ortho intramolecular Hbond substituents is 1. The van der Waals surface area contributed by atoms with E-state index in [2.05, 4.69) is 37.2 Å². The molecule has 0 fully saturated rings. The molecule has 6 heteroatoms. The first kappa shape index (κ1) is 14.7. The SMILES string of the molecule is Oc1c(Br)cc(CNCc2ccc3c(c2)OCO3)cc1Br. The molecular formula is C15H13Br2NO3. The van der Waals surface area contributed by atoms with Gasteiger partial charge in [-0.3, -0.25) is 0 Å². The number of benzene rings is 2. The van der Waals surface area contributed by atoms with Gasteiger partial charge in [0.05, 0.1) is 8.95 Å². The number of phenols is 1. The summed E-state index contributed by atoms with van der Waals surface area (Å²) in [5.41, 5.74) is 2.21. The van der Waals surface area contributed by atoms with Crippen LogP contribution in [-0.4, -0.2) is 11.9 Å². The Morgan fingerprint density at radius 2 is 1.62 bits per heavy atom. The Labute approximate surface area is 139 Å². The molecule has 2 aromatic rings. The topological polar surface area (TPSA) is 50.7 Å². The Balaban J connectivity index is 1.61. The van der Waals surface area contributed by atoms with Crippen molar-refractivity contribution in [2.24, 2.45) is 0 Å². The zero-order valence-corrected chi connectivity index (χ0v) is 14.2.